The number of amides is 4. The van der Waals surface area contributed by atoms with E-state index in [-0.39, 0.29) is 65.9 Å². The molecule has 5 aromatic carbocycles. The average Bonchev–Trinajstić information content (AvgIpc) is 1.56. The molecule has 16 nitrogen and oxygen atoms in total. The lowest BCUT2D eigenvalue weighted by Gasteiger charge is -2.39. The Bertz CT molecular complexity index is 3700. The van der Waals surface area contributed by atoms with Crippen LogP contribution in [0.25, 0.3) is 5.57 Å². The molecule has 2 unspecified atom stereocenters. The Labute approximate surface area is 507 Å². The molecule has 2 bridgehead atoms. The molecule has 0 aromatic heterocycles. The number of nitrogens with one attached hydrogen (secondary N) is 3. The van der Waals surface area contributed by atoms with Crippen LogP contribution in [0.5, 0.6) is 0 Å². The van der Waals surface area contributed by atoms with E-state index in [0.717, 1.165) is 68.0 Å². The molecule has 1 aliphatic carbocycles. The molecule has 5 aliphatic heterocycles. The molecule has 456 valence electrons. The quantitative estimate of drug-likeness (QED) is 0.0403. The number of benzene rings is 5. The largest absolute Gasteiger partial charge is 0.501 e. The van der Waals surface area contributed by atoms with Crippen molar-refractivity contribution >= 4 is 83.8 Å². The van der Waals surface area contributed by atoms with Gasteiger partial charge in [-0.05, 0) is 128 Å². The molecule has 0 radical (unpaired) electrons. The van der Waals surface area contributed by atoms with Gasteiger partial charge in [0, 0.05) is 127 Å². The summed E-state index contributed by atoms with van der Waals surface area (Å²) in [5, 5.41) is 5.99. The van der Waals surface area contributed by atoms with Crippen molar-refractivity contribution < 1.29 is 53.6 Å². The number of imide groups is 1. The van der Waals surface area contributed by atoms with Gasteiger partial charge in [0.2, 0.25) is 11.8 Å². The Morgan fingerprint density at radius 2 is 1.56 bits per heavy atom. The van der Waals surface area contributed by atoms with Gasteiger partial charge in [-0.25, -0.2) is 25.9 Å². The lowest BCUT2D eigenvalue weighted by molar-refractivity contribution is -0.136. The number of nitrogens with zero attached hydrogens (tertiary/aromatic N) is 5. The molecule has 4 atom stereocenters. The smallest absolute Gasteiger partial charge is 0.380 e. The second-order valence-electron chi connectivity index (χ2n) is 24.0. The molecule has 0 spiro atoms. The Hall–Kier alpha value is -6.34. The molecule has 3 N–H and O–H groups in total. The number of piperazine rings is 2. The average molecular weight is 1260 g/mol. The number of sulfonamides is 1. The Kier molecular flexibility index (Phi) is 17.6. The summed E-state index contributed by atoms with van der Waals surface area (Å²) in [6.45, 7) is 10.3. The minimum atomic E-state index is -6.17. The number of halogens is 5. The number of thioether (sulfide) groups is 1. The van der Waals surface area contributed by atoms with E-state index in [1.807, 2.05) is 47.2 Å². The Morgan fingerprint density at radius 3 is 2.24 bits per heavy atom. The van der Waals surface area contributed by atoms with E-state index in [1.54, 1.807) is 24.3 Å². The van der Waals surface area contributed by atoms with Crippen molar-refractivity contribution in [3.05, 3.63) is 153 Å². The van der Waals surface area contributed by atoms with Gasteiger partial charge in [-0.15, -0.1) is 11.8 Å². The molecule has 5 heterocycles. The Morgan fingerprint density at radius 1 is 0.849 bits per heavy atom. The zero-order chi connectivity index (χ0) is 60.9. The van der Waals surface area contributed by atoms with Gasteiger partial charge in [0.15, 0.2) is 0 Å². The molecule has 86 heavy (non-hydrogen) atoms. The third kappa shape index (κ3) is 13.2. The molecule has 5 aromatic rings. The number of hydrogen-bond acceptors (Lipinski definition) is 14. The van der Waals surface area contributed by atoms with Crippen LogP contribution in [0.15, 0.2) is 129 Å². The van der Waals surface area contributed by atoms with Crippen LogP contribution in [0.1, 0.15) is 96.2 Å². The van der Waals surface area contributed by atoms with Crippen molar-refractivity contribution in [2.75, 3.05) is 68.3 Å². The van der Waals surface area contributed by atoms with E-state index in [0.29, 0.717) is 55.8 Å². The van der Waals surface area contributed by atoms with E-state index >= 15 is 4.39 Å². The van der Waals surface area contributed by atoms with Crippen molar-refractivity contribution in [1.82, 2.24) is 29.6 Å². The summed E-state index contributed by atoms with van der Waals surface area (Å²) < 4.78 is 116. The number of carbonyl (C=O) groups is 4. The maximum atomic E-state index is 16.2. The van der Waals surface area contributed by atoms with E-state index in [4.69, 9.17) is 11.6 Å². The first-order valence-electron chi connectivity index (χ1n) is 28.8. The zero-order valence-corrected chi connectivity index (χ0v) is 50.8. The highest BCUT2D eigenvalue weighted by atomic mass is 35.5. The molecular weight excluding hydrogens is 1190 g/mol. The van der Waals surface area contributed by atoms with Crippen molar-refractivity contribution in [3.8, 4) is 0 Å². The van der Waals surface area contributed by atoms with E-state index < -0.39 is 82.4 Å². The normalized spacial score (nSPS) is 21.7. The highest BCUT2D eigenvalue weighted by Crippen LogP contribution is 2.44. The summed E-state index contributed by atoms with van der Waals surface area (Å²) in [5.74, 6) is -2.77. The Balaban J connectivity index is 0.731. The predicted molar refractivity (Wildman–Crippen MR) is 321 cm³/mol. The van der Waals surface area contributed by atoms with Crippen LogP contribution < -0.4 is 20.3 Å². The minimum absolute atomic E-state index is 0.0309. The van der Waals surface area contributed by atoms with Gasteiger partial charge in [0.05, 0.1) is 17.1 Å². The number of rotatable bonds is 19. The van der Waals surface area contributed by atoms with Gasteiger partial charge in [-0.1, -0.05) is 67.4 Å². The van der Waals surface area contributed by atoms with E-state index in [2.05, 4.69) is 56.2 Å². The van der Waals surface area contributed by atoms with Crippen molar-refractivity contribution in [3.63, 3.8) is 0 Å². The fourth-order valence-corrected chi connectivity index (χ4v) is 16.1. The summed E-state index contributed by atoms with van der Waals surface area (Å²) in [7, 11) is -11.1. The number of piperidine rings is 1. The number of allylic oxidation sites excluding steroid dienone is 1. The zero-order valence-electron chi connectivity index (χ0n) is 47.5. The van der Waals surface area contributed by atoms with Crippen LogP contribution in [0, 0.1) is 11.2 Å². The first kappa shape index (κ1) is 61.3. The lowest BCUT2D eigenvalue weighted by atomic mass is 9.73. The van der Waals surface area contributed by atoms with Gasteiger partial charge in [0.25, 0.3) is 31.7 Å². The fraction of sp³-hybridized carbons (Fsp3) is 0.419. The summed E-state index contributed by atoms with van der Waals surface area (Å²) >= 11 is 7.62. The number of carbonyl (C=O) groups excluding carboxylic acids is 4. The van der Waals surface area contributed by atoms with Crippen molar-refractivity contribution in [2.45, 2.75) is 116 Å². The number of anilines is 2. The van der Waals surface area contributed by atoms with Gasteiger partial charge in [0.1, 0.15) is 16.8 Å². The maximum Gasteiger partial charge on any atom is 0.501 e. The van der Waals surface area contributed by atoms with Crippen LogP contribution >= 0.6 is 23.4 Å². The molecule has 6 aliphatic rings. The summed E-state index contributed by atoms with van der Waals surface area (Å²) in [4.78, 5) is 60.2. The molecule has 0 saturated carbocycles. The number of likely N-dealkylation sites (tertiary alicyclic amines) is 2. The third-order valence-corrected chi connectivity index (χ3v) is 21.9. The van der Waals surface area contributed by atoms with Crippen molar-refractivity contribution in [2.24, 2.45) is 5.41 Å². The van der Waals surface area contributed by atoms with E-state index in [9.17, 15) is 49.2 Å². The number of alkyl halides is 3. The number of sulfone groups is 1. The maximum absolute atomic E-state index is 16.2. The second kappa shape index (κ2) is 24.7. The highest BCUT2D eigenvalue weighted by Gasteiger charge is 2.49. The van der Waals surface area contributed by atoms with Crippen LogP contribution in [-0.4, -0.2) is 148 Å². The first-order valence-corrected chi connectivity index (χ1v) is 33.2. The molecular formula is C62H67ClF4N8O8S3. The molecule has 11 rings (SSSR count). The lowest BCUT2D eigenvalue weighted by Crippen LogP contribution is -2.52. The standard InChI is InChI=1S/C62H67ClF4N8O8S3/c1-61(2)24-22-50(39-8-13-43(63)14-9-39)42(32-61)33-71-26-28-72(29-27-71)45-15-10-40(11-16-45)58(77)70-86(82,83)49-17-19-53(55(31-49)85(80,81)62(65,66)67)68-44(38-84-48-6-4-3-5-7-48)23-25-73-35-47-30-46(73)36-74(47)34-41-12-18-51-52(57(41)64)37-75(60(51)79)54-20-21-56(76)69-59(54)78/h3-19,31,44,46-47,54,68H,20-30,32-38H2,1-2H3,(H,70,77)(H,69,76,78)/t44?,46-,47-,54?/m0/s1. The topological polar surface area (TPSA) is 189 Å². The molecule has 24 heteroatoms. The predicted octanol–water partition coefficient (Wildman–Crippen LogP) is 9.36. The minimum Gasteiger partial charge on any atom is -0.380 e. The van der Waals surface area contributed by atoms with E-state index in [1.165, 1.54) is 45.5 Å². The molecule has 4 saturated heterocycles. The van der Waals surface area contributed by atoms with Crippen molar-refractivity contribution in [1.29, 1.82) is 0 Å². The molecule has 4 fully saturated rings. The van der Waals surface area contributed by atoms with Crippen LogP contribution in [0.4, 0.5) is 28.9 Å². The van der Waals surface area contributed by atoms with Gasteiger partial charge < -0.3 is 15.1 Å². The SMILES string of the molecule is CC1(C)CCC(c2ccc(Cl)cc2)=C(CN2CCN(c3ccc(C(=O)NS(=O)(=O)c4ccc(NC(CCN5C[C@@H]6C[C@H]5CN6Cc5ccc6c(c5F)CN(C5CCC(=O)NC5=O)C6=O)CSc5ccccc5)c(S(=O)(=O)C(F)(F)F)c4)cc3)CC2)C1. The van der Waals surface area contributed by atoms with Gasteiger partial charge in [-0.3, -0.25) is 39.2 Å². The van der Waals surface area contributed by atoms with Gasteiger partial charge in [-0.2, -0.15) is 13.2 Å². The second-order valence-corrected chi connectivity index (χ2v) is 29.1. The number of fused-ring (bicyclic) bond motifs is 3. The first-order chi connectivity index (χ1) is 40.9. The highest BCUT2D eigenvalue weighted by molar-refractivity contribution is 7.99. The van der Waals surface area contributed by atoms with Crippen LogP contribution in [0.2, 0.25) is 5.02 Å². The summed E-state index contributed by atoms with van der Waals surface area (Å²) in [6.07, 6.45) is 4.42. The monoisotopic (exact) mass is 1260 g/mol. The molecule has 4 amide bonds. The van der Waals surface area contributed by atoms with Gasteiger partial charge >= 0.3 is 5.51 Å². The summed E-state index contributed by atoms with van der Waals surface area (Å²) in [5.41, 5.74) is -0.510. The third-order valence-electron chi connectivity index (χ3n) is 17.6. The van der Waals surface area contributed by atoms with Crippen LogP contribution in [-0.2, 0) is 42.5 Å². The summed E-state index contributed by atoms with van der Waals surface area (Å²) in [6, 6.07) is 27.7. The van der Waals surface area contributed by atoms with Crippen LogP contribution in [0.3, 0.4) is 0 Å². The fourth-order valence-electron chi connectivity index (χ4n) is 12.9. The number of hydrogen-bond donors (Lipinski definition) is 3.